The van der Waals surface area contributed by atoms with E-state index in [2.05, 4.69) is 16.0 Å². The van der Waals surface area contributed by atoms with Crippen LogP contribution in [0.5, 0.6) is 0 Å². The molecule has 30 heavy (non-hydrogen) atoms. The first kappa shape index (κ1) is 27.7. The summed E-state index contributed by atoms with van der Waals surface area (Å²) in [5.41, 5.74) is 16.4. The Kier molecular flexibility index (Phi) is 14.4. The van der Waals surface area contributed by atoms with Gasteiger partial charge in [0.25, 0.3) is 0 Å². The normalized spacial score (nSPS) is 14.8. The predicted molar refractivity (Wildman–Crippen MR) is 110 cm³/mol. The molecule has 12 nitrogen and oxygen atoms in total. The number of aliphatic hydroxyl groups is 1. The number of aliphatic carboxylic acids is 1. The number of hydrogen-bond acceptors (Lipinski definition) is 8. The summed E-state index contributed by atoms with van der Waals surface area (Å²) in [6.45, 7) is 1.74. The van der Waals surface area contributed by atoms with Crippen LogP contribution in [0.4, 0.5) is 0 Å². The Morgan fingerprint density at radius 1 is 0.867 bits per heavy atom. The molecular formula is C18H36N6O6. The monoisotopic (exact) mass is 432 g/mol. The molecule has 12 heteroatoms. The molecule has 0 rings (SSSR count). The molecule has 0 fully saturated rings. The Morgan fingerprint density at radius 2 is 1.40 bits per heavy atom. The number of nitrogens with two attached hydrogens (primary N) is 3. The van der Waals surface area contributed by atoms with Gasteiger partial charge in [0, 0.05) is 0 Å². The third-order valence-electron chi connectivity index (χ3n) is 4.41. The summed E-state index contributed by atoms with van der Waals surface area (Å²) in [5.74, 6) is -3.17. The van der Waals surface area contributed by atoms with Gasteiger partial charge in [0.15, 0.2) is 0 Å². The van der Waals surface area contributed by atoms with E-state index in [4.69, 9.17) is 17.2 Å². The lowest BCUT2D eigenvalue weighted by Crippen LogP contribution is -2.55. The molecule has 0 spiro atoms. The summed E-state index contributed by atoms with van der Waals surface area (Å²) in [4.78, 5) is 47.8. The number of carbonyl (C=O) groups is 4. The molecule has 0 aliphatic carbocycles. The van der Waals surface area contributed by atoms with Crippen LogP contribution in [-0.4, -0.2) is 77.8 Å². The molecule has 4 atom stereocenters. The van der Waals surface area contributed by atoms with E-state index in [1.807, 2.05) is 0 Å². The largest absolute Gasteiger partial charge is 0.480 e. The van der Waals surface area contributed by atoms with E-state index >= 15 is 0 Å². The van der Waals surface area contributed by atoms with Crippen LogP contribution >= 0.6 is 0 Å². The highest BCUT2D eigenvalue weighted by molar-refractivity contribution is 5.92. The number of nitrogens with one attached hydrogen (secondary N) is 3. The third-order valence-corrected chi connectivity index (χ3v) is 4.41. The lowest BCUT2D eigenvalue weighted by molar-refractivity contribution is -0.142. The van der Waals surface area contributed by atoms with Gasteiger partial charge in [-0.1, -0.05) is 0 Å². The van der Waals surface area contributed by atoms with Crippen molar-refractivity contribution in [1.29, 1.82) is 0 Å². The summed E-state index contributed by atoms with van der Waals surface area (Å²) >= 11 is 0. The van der Waals surface area contributed by atoms with Crippen molar-refractivity contribution in [3.05, 3.63) is 0 Å². The van der Waals surface area contributed by atoms with Crippen LogP contribution in [0.3, 0.4) is 0 Å². The van der Waals surface area contributed by atoms with Crippen LogP contribution in [0.2, 0.25) is 0 Å². The fourth-order valence-electron chi connectivity index (χ4n) is 2.53. The van der Waals surface area contributed by atoms with E-state index in [1.54, 1.807) is 0 Å². The minimum atomic E-state index is -1.21. The predicted octanol–water partition coefficient (Wildman–Crippen LogP) is -2.88. The van der Waals surface area contributed by atoms with Gasteiger partial charge >= 0.3 is 5.97 Å². The van der Waals surface area contributed by atoms with Crippen LogP contribution in [0.15, 0.2) is 0 Å². The molecule has 0 saturated heterocycles. The fraction of sp³-hybridized carbons (Fsp3) is 0.778. The van der Waals surface area contributed by atoms with E-state index in [0.29, 0.717) is 38.8 Å². The Balaban J connectivity index is 4.77. The van der Waals surface area contributed by atoms with Crippen LogP contribution < -0.4 is 33.2 Å². The summed E-state index contributed by atoms with van der Waals surface area (Å²) in [7, 11) is 0. The topological polar surface area (TPSA) is 223 Å². The highest BCUT2D eigenvalue weighted by Crippen LogP contribution is 2.03. The summed E-state index contributed by atoms with van der Waals surface area (Å²) in [6.07, 6.45) is 1.74. The average Bonchev–Trinajstić information content (AvgIpc) is 2.69. The van der Waals surface area contributed by atoms with E-state index in [0.717, 1.165) is 0 Å². The Morgan fingerprint density at radius 3 is 1.87 bits per heavy atom. The van der Waals surface area contributed by atoms with Gasteiger partial charge in [-0.05, 0) is 58.5 Å². The van der Waals surface area contributed by atoms with Gasteiger partial charge in [-0.2, -0.15) is 0 Å². The average molecular weight is 433 g/mol. The molecule has 0 aromatic carbocycles. The summed E-state index contributed by atoms with van der Waals surface area (Å²) in [5, 5.41) is 25.8. The van der Waals surface area contributed by atoms with Crippen molar-refractivity contribution in [3.63, 3.8) is 0 Å². The number of carbonyl (C=O) groups excluding carboxylic acids is 3. The molecule has 0 bridgehead atoms. The van der Waals surface area contributed by atoms with Gasteiger partial charge in [-0.25, -0.2) is 4.79 Å². The minimum Gasteiger partial charge on any atom is -0.480 e. The van der Waals surface area contributed by atoms with Crippen LogP contribution in [-0.2, 0) is 19.2 Å². The minimum absolute atomic E-state index is 0.223. The van der Waals surface area contributed by atoms with E-state index in [9.17, 15) is 29.4 Å². The van der Waals surface area contributed by atoms with Crippen molar-refractivity contribution < 1.29 is 29.4 Å². The molecule has 0 saturated carbocycles. The molecule has 0 aromatic heterocycles. The Hall–Kier alpha value is -2.28. The fourth-order valence-corrected chi connectivity index (χ4v) is 2.53. The van der Waals surface area contributed by atoms with Gasteiger partial charge in [0.1, 0.15) is 18.1 Å². The third kappa shape index (κ3) is 11.7. The van der Waals surface area contributed by atoms with Gasteiger partial charge in [-0.3, -0.25) is 14.4 Å². The molecule has 3 amide bonds. The molecule has 0 aliphatic rings. The number of carboxylic acids is 1. The SMILES string of the molecule is CC(O)C(N)C(=O)NC(CCCCN)C(=O)NCC(=O)NC(CCCCN)C(=O)O. The Labute approximate surface area is 176 Å². The lowest BCUT2D eigenvalue weighted by atomic mass is 10.1. The van der Waals surface area contributed by atoms with Crippen molar-refractivity contribution in [3.8, 4) is 0 Å². The second-order valence-corrected chi connectivity index (χ2v) is 7.07. The maximum Gasteiger partial charge on any atom is 0.326 e. The number of amides is 3. The zero-order valence-corrected chi connectivity index (χ0v) is 17.4. The van der Waals surface area contributed by atoms with Crippen molar-refractivity contribution >= 4 is 23.7 Å². The highest BCUT2D eigenvalue weighted by atomic mass is 16.4. The van der Waals surface area contributed by atoms with Crippen LogP contribution in [0.25, 0.3) is 0 Å². The Bertz CT molecular complexity index is 559. The summed E-state index contributed by atoms with van der Waals surface area (Å²) < 4.78 is 0. The molecule has 4 unspecified atom stereocenters. The standard InChI is InChI=1S/C18H36N6O6/c1-11(25)15(21)17(28)24-12(6-2-4-8-19)16(27)22-10-14(26)23-13(18(29)30)7-3-5-9-20/h11-13,15,25H,2-10,19-21H2,1H3,(H,22,27)(H,23,26)(H,24,28)(H,29,30). The molecule has 0 radical (unpaired) electrons. The number of hydrogen-bond donors (Lipinski definition) is 8. The molecule has 0 aliphatic heterocycles. The molecular weight excluding hydrogens is 396 g/mol. The van der Waals surface area contributed by atoms with Crippen LogP contribution in [0, 0.1) is 0 Å². The summed E-state index contributed by atoms with van der Waals surface area (Å²) in [6, 6.07) is -3.26. The van der Waals surface area contributed by atoms with Gasteiger partial charge in [0.05, 0.1) is 12.6 Å². The van der Waals surface area contributed by atoms with Gasteiger partial charge in [-0.15, -0.1) is 0 Å². The maximum atomic E-state index is 12.4. The zero-order chi connectivity index (χ0) is 23.1. The van der Waals surface area contributed by atoms with Crippen molar-refractivity contribution in [2.45, 2.75) is 69.7 Å². The lowest BCUT2D eigenvalue weighted by Gasteiger charge is -2.22. The number of unbranched alkanes of at least 4 members (excludes halogenated alkanes) is 2. The smallest absolute Gasteiger partial charge is 0.326 e. The first-order valence-corrected chi connectivity index (χ1v) is 10.1. The quantitative estimate of drug-likeness (QED) is 0.117. The highest BCUT2D eigenvalue weighted by Gasteiger charge is 2.26. The second kappa shape index (κ2) is 15.5. The first-order valence-electron chi connectivity index (χ1n) is 10.1. The maximum absolute atomic E-state index is 12.4. The van der Waals surface area contributed by atoms with E-state index in [-0.39, 0.29) is 12.8 Å². The molecule has 174 valence electrons. The first-order chi connectivity index (χ1) is 14.1. The van der Waals surface area contributed by atoms with Crippen LogP contribution in [0.1, 0.15) is 45.4 Å². The zero-order valence-electron chi connectivity index (χ0n) is 17.4. The number of carboxylic acid groups (broad SMARTS) is 1. The molecule has 0 heterocycles. The van der Waals surface area contributed by atoms with E-state index < -0.39 is 54.5 Å². The van der Waals surface area contributed by atoms with Crippen molar-refractivity contribution in [1.82, 2.24) is 16.0 Å². The van der Waals surface area contributed by atoms with E-state index in [1.165, 1.54) is 6.92 Å². The van der Waals surface area contributed by atoms with Gasteiger partial charge < -0.3 is 43.4 Å². The second-order valence-electron chi connectivity index (χ2n) is 7.07. The van der Waals surface area contributed by atoms with Crippen molar-refractivity contribution in [2.75, 3.05) is 19.6 Å². The number of rotatable bonds is 16. The van der Waals surface area contributed by atoms with Crippen molar-refractivity contribution in [2.24, 2.45) is 17.2 Å². The molecule has 0 aromatic rings. The van der Waals surface area contributed by atoms with Gasteiger partial charge in [0.2, 0.25) is 17.7 Å². The number of aliphatic hydroxyl groups excluding tert-OH is 1. The molecule has 11 N–H and O–H groups in total.